The standard InChI is InChI=1S/C11H14N2OS2/c12-7-8(14)5-6-15-11-13-9-3-1-2-4-10(9)16-11/h1-4,8,14H,5-7,12H2. The lowest BCUT2D eigenvalue weighted by atomic mass is 10.3. The molecule has 0 bridgehead atoms. The molecule has 1 aromatic heterocycles. The Morgan fingerprint density at radius 1 is 1.44 bits per heavy atom. The number of thioether (sulfide) groups is 1. The molecule has 0 saturated carbocycles. The van der Waals surface area contributed by atoms with Gasteiger partial charge in [-0.1, -0.05) is 23.9 Å². The summed E-state index contributed by atoms with van der Waals surface area (Å²) >= 11 is 3.38. The predicted octanol–water partition coefficient (Wildman–Crippen LogP) is 2.10. The number of aromatic nitrogens is 1. The van der Waals surface area contributed by atoms with E-state index in [4.69, 9.17) is 5.73 Å². The van der Waals surface area contributed by atoms with Crippen molar-refractivity contribution in [2.45, 2.75) is 16.9 Å². The number of aliphatic hydroxyl groups excluding tert-OH is 1. The first-order valence-electron chi connectivity index (χ1n) is 5.16. The van der Waals surface area contributed by atoms with Crippen molar-refractivity contribution in [1.82, 2.24) is 4.98 Å². The van der Waals surface area contributed by atoms with Crippen molar-refractivity contribution in [1.29, 1.82) is 0 Å². The topological polar surface area (TPSA) is 59.1 Å². The number of para-hydroxylation sites is 1. The number of nitrogens with two attached hydrogens (primary N) is 1. The fraction of sp³-hybridized carbons (Fsp3) is 0.364. The summed E-state index contributed by atoms with van der Waals surface area (Å²) in [5.74, 6) is 0.859. The second-order valence-corrected chi connectivity index (χ2v) is 5.85. The average Bonchev–Trinajstić information content (AvgIpc) is 2.71. The number of thiazole rings is 1. The second kappa shape index (κ2) is 5.63. The summed E-state index contributed by atoms with van der Waals surface area (Å²) in [6, 6.07) is 8.11. The van der Waals surface area contributed by atoms with Gasteiger partial charge in [-0.25, -0.2) is 4.98 Å². The lowest BCUT2D eigenvalue weighted by molar-refractivity contribution is 0.180. The zero-order valence-electron chi connectivity index (χ0n) is 8.80. The molecule has 1 unspecified atom stereocenters. The third-order valence-corrected chi connectivity index (χ3v) is 4.44. The van der Waals surface area contributed by atoms with Gasteiger partial charge < -0.3 is 10.8 Å². The molecule has 2 aromatic rings. The Morgan fingerprint density at radius 3 is 3.00 bits per heavy atom. The number of benzene rings is 1. The van der Waals surface area contributed by atoms with Gasteiger partial charge in [-0.3, -0.25) is 0 Å². The van der Waals surface area contributed by atoms with Crippen LogP contribution >= 0.6 is 23.1 Å². The minimum atomic E-state index is -0.387. The number of aliphatic hydroxyl groups is 1. The zero-order valence-corrected chi connectivity index (χ0v) is 10.4. The van der Waals surface area contributed by atoms with Crippen molar-refractivity contribution in [3.8, 4) is 0 Å². The lowest BCUT2D eigenvalue weighted by Gasteiger charge is -2.04. The van der Waals surface area contributed by atoms with Crippen LogP contribution in [-0.4, -0.2) is 28.5 Å². The summed E-state index contributed by atoms with van der Waals surface area (Å²) in [6.45, 7) is 0.334. The lowest BCUT2D eigenvalue weighted by Crippen LogP contribution is -2.19. The van der Waals surface area contributed by atoms with Crippen LogP contribution < -0.4 is 5.73 Å². The molecule has 0 radical (unpaired) electrons. The molecule has 0 fully saturated rings. The van der Waals surface area contributed by atoms with E-state index in [1.165, 1.54) is 4.70 Å². The van der Waals surface area contributed by atoms with Crippen LogP contribution in [0.25, 0.3) is 10.2 Å². The molecule has 5 heteroatoms. The van der Waals surface area contributed by atoms with Crippen LogP contribution in [0.3, 0.4) is 0 Å². The number of hydrogen-bond acceptors (Lipinski definition) is 5. The SMILES string of the molecule is NCC(O)CCSc1nc2ccccc2s1. The normalized spacial score (nSPS) is 13.1. The van der Waals surface area contributed by atoms with Crippen molar-refractivity contribution < 1.29 is 5.11 Å². The van der Waals surface area contributed by atoms with Gasteiger partial charge in [0.05, 0.1) is 16.3 Å². The van der Waals surface area contributed by atoms with E-state index in [1.54, 1.807) is 23.1 Å². The maximum absolute atomic E-state index is 9.32. The third-order valence-electron chi connectivity index (χ3n) is 2.22. The molecule has 2 rings (SSSR count). The molecule has 3 N–H and O–H groups in total. The molecule has 1 heterocycles. The molecule has 0 spiro atoms. The monoisotopic (exact) mass is 254 g/mol. The van der Waals surface area contributed by atoms with E-state index in [2.05, 4.69) is 11.1 Å². The summed E-state index contributed by atoms with van der Waals surface area (Å²) < 4.78 is 2.27. The van der Waals surface area contributed by atoms with Crippen molar-refractivity contribution in [3.63, 3.8) is 0 Å². The molecule has 3 nitrogen and oxygen atoms in total. The Morgan fingerprint density at radius 2 is 2.25 bits per heavy atom. The molecule has 0 aliphatic rings. The number of nitrogens with zero attached hydrogens (tertiary/aromatic N) is 1. The van der Waals surface area contributed by atoms with Crippen LogP contribution in [0.5, 0.6) is 0 Å². The van der Waals surface area contributed by atoms with Gasteiger partial charge in [0, 0.05) is 12.3 Å². The van der Waals surface area contributed by atoms with Crippen LogP contribution in [0.15, 0.2) is 28.6 Å². The van der Waals surface area contributed by atoms with Gasteiger partial charge in [0.2, 0.25) is 0 Å². The second-order valence-electron chi connectivity index (χ2n) is 3.47. The van der Waals surface area contributed by atoms with E-state index < -0.39 is 0 Å². The highest BCUT2D eigenvalue weighted by atomic mass is 32.2. The van der Waals surface area contributed by atoms with Gasteiger partial charge in [0.1, 0.15) is 0 Å². The van der Waals surface area contributed by atoms with E-state index in [9.17, 15) is 5.11 Å². The largest absolute Gasteiger partial charge is 0.392 e. The summed E-state index contributed by atoms with van der Waals surface area (Å²) in [5.41, 5.74) is 6.39. The van der Waals surface area contributed by atoms with Crippen molar-refractivity contribution in [3.05, 3.63) is 24.3 Å². The molecule has 16 heavy (non-hydrogen) atoms. The Kier molecular flexibility index (Phi) is 4.17. The van der Waals surface area contributed by atoms with Gasteiger partial charge in [-0.15, -0.1) is 11.3 Å². The molecule has 0 aliphatic heterocycles. The molecular weight excluding hydrogens is 240 g/mol. The van der Waals surface area contributed by atoms with Gasteiger partial charge in [-0.2, -0.15) is 0 Å². The highest BCUT2D eigenvalue weighted by Crippen LogP contribution is 2.29. The third kappa shape index (κ3) is 2.95. The number of hydrogen-bond donors (Lipinski definition) is 2. The molecular formula is C11H14N2OS2. The number of rotatable bonds is 5. The van der Waals surface area contributed by atoms with E-state index in [0.717, 1.165) is 22.0 Å². The van der Waals surface area contributed by atoms with Gasteiger partial charge in [0.15, 0.2) is 4.34 Å². The van der Waals surface area contributed by atoms with E-state index in [1.807, 2.05) is 18.2 Å². The van der Waals surface area contributed by atoms with Crippen LogP contribution in [-0.2, 0) is 0 Å². The van der Waals surface area contributed by atoms with Crippen LogP contribution in [0.2, 0.25) is 0 Å². The quantitative estimate of drug-likeness (QED) is 0.802. The maximum atomic E-state index is 9.32. The van der Waals surface area contributed by atoms with Crippen molar-refractivity contribution >= 4 is 33.3 Å². The molecule has 0 aliphatic carbocycles. The molecule has 86 valence electrons. The number of fused-ring (bicyclic) bond motifs is 1. The first-order valence-corrected chi connectivity index (χ1v) is 6.96. The summed E-state index contributed by atoms with van der Waals surface area (Å²) in [6.07, 6.45) is 0.332. The first-order chi connectivity index (χ1) is 7.79. The summed E-state index contributed by atoms with van der Waals surface area (Å²) in [7, 11) is 0. The van der Waals surface area contributed by atoms with E-state index >= 15 is 0 Å². The Labute approximate surface area is 103 Å². The molecule has 0 saturated heterocycles. The predicted molar refractivity (Wildman–Crippen MR) is 70.0 cm³/mol. The molecule has 1 atom stereocenters. The summed E-state index contributed by atoms with van der Waals surface area (Å²) in [5, 5.41) is 9.32. The summed E-state index contributed by atoms with van der Waals surface area (Å²) in [4.78, 5) is 4.50. The Bertz CT molecular complexity index is 425. The molecule has 0 amide bonds. The van der Waals surface area contributed by atoms with Crippen molar-refractivity contribution in [2.75, 3.05) is 12.3 Å². The van der Waals surface area contributed by atoms with Gasteiger partial charge >= 0.3 is 0 Å². The van der Waals surface area contributed by atoms with Gasteiger partial charge in [0.25, 0.3) is 0 Å². The van der Waals surface area contributed by atoms with E-state index in [-0.39, 0.29) is 6.10 Å². The first kappa shape index (κ1) is 11.9. The van der Waals surface area contributed by atoms with Gasteiger partial charge in [-0.05, 0) is 18.6 Å². The average molecular weight is 254 g/mol. The zero-order chi connectivity index (χ0) is 11.4. The van der Waals surface area contributed by atoms with Crippen LogP contribution in [0.4, 0.5) is 0 Å². The van der Waals surface area contributed by atoms with Crippen LogP contribution in [0, 0.1) is 0 Å². The highest BCUT2D eigenvalue weighted by Gasteiger charge is 2.05. The van der Waals surface area contributed by atoms with E-state index in [0.29, 0.717) is 6.54 Å². The minimum Gasteiger partial charge on any atom is -0.392 e. The Hall–Kier alpha value is -0.620. The fourth-order valence-electron chi connectivity index (χ4n) is 1.31. The molecule has 1 aromatic carbocycles. The maximum Gasteiger partial charge on any atom is 0.151 e. The Balaban J connectivity index is 1.94. The minimum absolute atomic E-state index is 0.334. The van der Waals surface area contributed by atoms with Crippen LogP contribution in [0.1, 0.15) is 6.42 Å². The fourth-order valence-corrected chi connectivity index (χ4v) is 3.49. The van der Waals surface area contributed by atoms with Crippen molar-refractivity contribution in [2.24, 2.45) is 5.73 Å². The highest BCUT2D eigenvalue weighted by molar-refractivity contribution is 8.01. The smallest absolute Gasteiger partial charge is 0.151 e.